The second kappa shape index (κ2) is 6.36. The number of nitrogens with two attached hydrogens (primary N) is 1. The molecule has 0 aliphatic heterocycles. The van der Waals surface area contributed by atoms with Gasteiger partial charge in [-0.15, -0.1) is 0 Å². The molecule has 3 heteroatoms. The summed E-state index contributed by atoms with van der Waals surface area (Å²) in [5.41, 5.74) is 4.82. The zero-order chi connectivity index (χ0) is 13.0. The van der Waals surface area contributed by atoms with Crippen molar-refractivity contribution in [3.05, 3.63) is 0 Å². The minimum Gasteiger partial charge on any atom is -0.375 e. The van der Waals surface area contributed by atoms with E-state index >= 15 is 0 Å². The molecule has 0 bridgehead atoms. The highest BCUT2D eigenvalue weighted by atomic mass is 16.3. The Labute approximate surface area is 112 Å². The van der Waals surface area contributed by atoms with Crippen molar-refractivity contribution in [3.8, 4) is 0 Å². The predicted molar refractivity (Wildman–Crippen MR) is 75.3 cm³/mol. The molecule has 18 heavy (non-hydrogen) atoms. The van der Waals surface area contributed by atoms with Gasteiger partial charge in [0.25, 0.3) is 0 Å². The van der Waals surface area contributed by atoms with Crippen molar-refractivity contribution in [3.63, 3.8) is 0 Å². The summed E-state index contributed by atoms with van der Waals surface area (Å²) in [5.74, 6) is 0. The van der Waals surface area contributed by atoms with Crippen LogP contribution in [0.1, 0.15) is 71.1 Å². The van der Waals surface area contributed by atoms with Crippen LogP contribution in [0.3, 0.4) is 0 Å². The predicted octanol–water partition coefficient (Wildman–Crippen LogP) is 2.62. The molecule has 0 aromatic carbocycles. The van der Waals surface area contributed by atoms with Gasteiger partial charge >= 0.3 is 0 Å². The fourth-order valence-electron chi connectivity index (χ4n) is 3.75. The van der Waals surface area contributed by atoms with Crippen LogP contribution in [0.4, 0.5) is 0 Å². The van der Waals surface area contributed by atoms with Gasteiger partial charge in [-0.05, 0) is 32.6 Å². The van der Waals surface area contributed by atoms with Crippen LogP contribution in [0.5, 0.6) is 0 Å². The molecule has 0 aromatic rings. The highest BCUT2D eigenvalue weighted by Gasteiger charge is 2.32. The first-order valence-corrected chi connectivity index (χ1v) is 7.83. The van der Waals surface area contributed by atoms with Crippen LogP contribution in [0, 0.1) is 0 Å². The van der Waals surface area contributed by atoms with E-state index < -0.39 is 5.72 Å². The summed E-state index contributed by atoms with van der Waals surface area (Å²) in [4.78, 5) is 2.55. The van der Waals surface area contributed by atoms with E-state index in [4.69, 9.17) is 5.73 Å². The van der Waals surface area contributed by atoms with Crippen LogP contribution in [0.2, 0.25) is 0 Å². The van der Waals surface area contributed by atoms with Gasteiger partial charge in [-0.2, -0.15) is 0 Å². The van der Waals surface area contributed by atoms with Gasteiger partial charge in [-0.1, -0.05) is 38.5 Å². The molecule has 106 valence electrons. The molecule has 2 saturated carbocycles. The number of hydrogen-bond donors (Lipinski definition) is 2. The summed E-state index contributed by atoms with van der Waals surface area (Å²) in [7, 11) is 0. The van der Waals surface area contributed by atoms with E-state index in [0.717, 1.165) is 0 Å². The Morgan fingerprint density at radius 2 is 1.33 bits per heavy atom. The number of rotatable bonds is 4. The zero-order valence-corrected chi connectivity index (χ0v) is 11.9. The molecule has 0 heterocycles. The molecule has 1 atom stereocenters. The SMILES string of the molecule is CC(N)(O)CN(C1CCCCC1)C1CCCCC1. The Hall–Kier alpha value is -0.120. The molecule has 3 nitrogen and oxygen atoms in total. The Morgan fingerprint density at radius 3 is 1.67 bits per heavy atom. The molecule has 0 amide bonds. The average Bonchev–Trinajstić information content (AvgIpc) is 2.37. The number of aliphatic hydroxyl groups is 1. The van der Waals surface area contributed by atoms with Crippen LogP contribution in [-0.2, 0) is 0 Å². The van der Waals surface area contributed by atoms with Crippen molar-refractivity contribution in [2.45, 2.75) is 88.9 Å². The van der Waals surface area contributed by atoms with Crippen molar-refractivity contribution < 1.29 is 5.11 Å². The summed E-state index contributed by atoms with van der Waals surface area (Å²) >= 11 is 0. The first kappa shape index (κ1) is 14.3. The lowest BCUT2D eigenvalue weighted by Crippen LogP contribution is -2.55. The molecule has 3 N–H and O–H groups in total. The van der Waals surface area contributed by atoms with Gasteiger partial charge in [0.1, 0.15) is 5.72 Å². The number of hydrogen-bond acceptors (Lipinski definition) is 3. The van der Waals surface area contributed by atoms with Crippen LogP contribution < -0.4 is 5.73 Å². The number of nitrogens with zero attached hydrogens (tertiary/aromatic N) is 1. The third-order valence-electron chi connectivity index (χ3n) is 4.59. The molecule has 2 aliphatic carbocycles. The van der Waals surface area contributed by atoms with E-state index in [1.54, 1.807) is 6.92 Å². The first-order chi connectivity index (χ1) is 8.56. The molecule has 2 rings (SSSR count). The molecule has 0 spiro atoms. The lowest BCUT2D eigenvalue weighted by atomic mass is 9.88. The smallest absolute Gasteiger partial charge is 0.123 e. The van der Waals surface area contributed by atoms with Crippen molar-refractivity contribution in [1.82, 2.24) is 4.90 Å². The molecule has 0 aromatic heterocycles. The molecule has 2 aliphatic rings. The quantitative estimate of drug-likeness (QED) is 0.758. The van der Waals surface area contributed by atoms with Crippen molar-refractivity contribution in [2.75, 3.05) is 6.54 Å². The third kappa shape index (κ3) is 4.22. The Morgan fingerprint density at radius 1 is 0.944 bits per heavy atom. The lowest BCUT2D eigenvalue weighted by Gasteiger charge is -2.44. The van der Waals surface area contributed by atoms with Gasteiger partial charge in [-0.25, -0.2) is 0 Å². The van der Waals surface area contributed by atoms with Gasteiger partial charge in [-0.3, -0.25) is 4.90 Å². The summed E-state index contributed by atoms with van der Waals surface area (Å²) in [5, 5.41) is 9.99. The standard InChI is InChI=1S/C15H30N2O/c1-15(16,18)12-17(13-8-4-2-5-9-13)14-10-6-3-7-11-14/h13-14,18H,2-12,16H2,1H3. The molecule has 0 saturated heterocycles. The maximum atomic E-state index is 9.99. The normalized spacial score (nSPS) is 27.3. The van der Waals surface area contributed by atoms with E-state index in [0.29, 0.717) is 18.6 Å². The zero-order valence-electron chi connectivity index (χ0n) is 11.9. The van der Waals surface area contributed by atoms with Gasteiger partial charge in [0, 0.05) is 18.6 Å². The maximum Gasteiger partial charge on any atom is 0.123 e. The lowest BCUT2D eigenvalue weighted by molar-refractivity contribution is -0.0213. The summed E-state index contributed by atoms with van der Waals surface area (Å²) in [6.45, 7) is 2.38. The van der Waals surface area contributed by atoms with Crippen molar-refractivity contribution in [1.29, 1.82) is 0 Å². The van der Waals surface area contributed by atoms with Crippen LogP contribution >= 0.6 is 0 Å². The molecule has 2 fully saturated rings. The molecule has 1 unspecified atom stereocenters. The Bertz CT molecular complexity index is 219. The third-order valence-corrected chi connectivity index (χ3v) is 4.59. The maximum absolute atomic E-state index is 9.99. The van der Waals surface area contributed by atoms with E-state index in [1.807, 2.05) is 0 Å². The Kier molecular flexibility index (Phi) is 5.05. The second-order valence-electron chi connectivity index (χ2n) is 6.61. The van der Waals surface area contributed by atoms with Gasteiger partial charge in [0.05, 0.1) is 0 Å². The fraction of sp³-hybridized carbons (Fsp3) is 1.00. The monoisotopic (exact) mass is 254 g/mol. The van der Waals surface area contributed by atoms with E-state index in [1.165, 1.54) is 64.2 Å². The highest BCUT2D eigenvalue weighted by Crippen LogP contribution is 2.30. The average molecular weight is 254 g/mol. The van der Waals surface area contributed by atoms with E-state index in [2.05, 4.69) is 4.90 Å². The summed E-state index contributed by atoms with van der Waals surface area (Å²) < 4.78 is 0. The van der Waals surface area contributed by atoms with Gasteiger partial charge in [0.15, 0.2) is 0 Å². The minimum atomic E-state index is -1.05. The first-order valence-electron chi connectivity index (χ1n) is 7.83. The fourth-order valence-corrected chi connectivity index (χ4v) is 3.75. The van der Waals surface area contributed by atoms with Crippen LogP contribution in [0.15, 0.2) is 0 Å². The van der Waals surface area contributed by atoms with Crippen LogP contribution in [0.25, 0.3) is 0 Å². The largest absolute Gasteiger partial charge is 0.375 e. The summed E-state index contributed by atoms with van der Waals surface area (Å²) in [6.07, 6.45) is 13.3. The Balaban J connectivity index is 2.00. The van der Waals surface area contributed by atoms with E-state index in [-0.39, 0.29) is 0 Å². The second-order valence-corrected chi connectivity index (χ2v) is 6.61. The van der Waals surface area contributed by atoms with Crippen LogP contribution in [-0.4, -0.2) is 34.4 Å². The molecular weight excluding hydrogens is 224 g/mol. The minimum absolute atomic E-state index is 0.641. The summed E-state index contributed by atoms with van der Waals surface area (Å²) in [6, 6.07) is 1.33. The van der Waals surface area contributed by atoms with E-state index in [9.17, 15) is 5.11 Å². The molecule has 0 radical (unpaired) electrons. The van der Waals surface area contributed by atoms with Crippen molar-refractivity contribution in [2.24, 2.45) is 5.73 Å². The van der Waals surface area contributed by atoms with Gasteiger partial charge < -0.3 is 10.8 Å². The van der Waals surface area contributed by atoms with Crippen molar-refractivity contribution >= 4 is 0 Å². The molecular formula is C15H30N2O. The van der Waals surface area contributed by atoms with Gasteiger partial charge in [0.2, 0.25) is 0 Å². The highest BCUT2D eigenvalue weighted by molar-refractivity contribution is 4.86. The topological polar surface area (TPSA) is 49.5 Å².